The minimum atomic E-state index is -5.61. The number of hydrogen-bond donors (Lipinski definition) is 0. The van der Waals surface area contributed by atoms with Crippen LogP contribution in [0.3, 0.4) is 0 Å². The van der Waals surface area contributed by atoms with E-state index in [0.717, 1.165) is 0 Å². The molecule has 0 amide bonds. The SMILES string of the molecule is O.[Ca+2].[O-][Si]([O-])([O-])[O-]. The van der Waals surface area contributed by atoms with Gasteiger partial charge in [0.25, 0.3) is 0 Å². The van der Waals surface area contributed by atoms with E-state index in [1.807, 2.05) is 0 Å². The second-order valence-electron chi connectivity index (χ2n) is 0.500. The second kappa shape index (κ2) is 5.41. The molecular weight excluding hydrogens is 148 g/mol. The maximum Gasteiger partial charge on any atom is 2.00 e. The van der Waals surface area contributed by atoms with Crippen LogP contribution >= 0.6 is 0 Å². The summed E-state index contributed by atoms with van der Waals surface area (Å²) in [5.41, 5.74) is 0. The molecule has 0 aromatic carbocycles. The predicted molar refractivity (Wildman–Crippen MR) is 15.1 cm³/mol. The molecule has 0 aliphatic heterocycles. The van der Waals surface area contributed by atoms with Crippen LogP contribution in [-0.4, -0.2) is 52.3 Å². The molecule has 0 aliphatic carbocycles. The molecule has 0 saturated heterocycles. The van der Waals surface area contributed by atoms with Crippen molar-refractivity contribution < 1.29 is 24.7 Å². The Balaban J connectivity index is -0.0000000800. The van der Waals surface area contributed by atoms with Crippen molar-refractivity contribution in [3.05, 3.63) is 0 Å². The zero-order valence-electron chi connectivity index (χ0n) is 3.34. The summed E-state index contributed by atoms with van der Waals surface area (Å²) in [5.74, 6) is 0. The van der Waals surface area contributed by atoms with Gasteiger partial charge in [-0.3, -0.25) is 0 Å². The van der Waals surface area contributed by atoms with E-state index >= 15 is 0 Å². The minimum Gasteiger partial charge on any atom is -0.894 e. The summed E-state index contributed by atoms with van der Waals surface area (Å²) in [6, 6.07) is 0. The Morgan fingerprint density at radius 2 is 0.857 bits per heavy atom. The van der Waals surface area contributed by atoms with Crippen LogP contribution < -0.4 is 19.2 Å². The van der Waals surface area contributed by atoms with Gasteiger partial charge in [0.1, 0.15) is 0 Å². The Morgan fingerprint density at radius 1 is 0.857 bits per heavy atom. The summed E-state index contributed by atoms with van der Waals surface area (Å²) in [6.45, 7) is 0. The van der Waals surface area contributed by atoms with Gasteiger partial charge < -0.3 is 33.7 Å². The van der Waals surface area contributed by atoms with Gasteiger partial charge in [-0.15, -0.1) is 0 Å². The normalized spacial score (nSPS) is 8.57. The van der Waals surface area contributed by atoms with Gasteiger partial charge in [0, 0.05) is 0 Å². The van der Waals surface area contributed by atoms with Crippen LogP contribution in [0.4, 0.5) is 0 Å². The molecule has 0 aliphatic rings. The van der Waals surface area contributed by atoms with Gasteiger partial charge in [-0.05, 0) is 0 Å². The molecule has 0 saturated carbocycles. The molecule has 0 spiro atoms. The summed E-state index contributed by atoms with van der Waals surface area (Å²) < 4.78 is 0. The van der Waals surface area contributed by atoms with Crippen molar-refractivity contribution in [1.82, 2.24) is 0 Å². The summed E-state index contributed by atoms with van der Waals surface area (Å²) in [7, 11) is -5.61. The summed E-state index contributed by atoms with van der Waals surface area (Å²) in [6.07, 6.45) is 0. The average Bonchev–Trinajstić information content (AvgIpc) is 0.722. The molecule has 0 rings (SSSR count). The molecule has 0 atom stereocenters. The Labute approximate surface area is 71.0 Å². The van der Waals surface area contributed by atoms with Crippen LogP contribution in [0.15, 0.2) is 0 Å². The number of rotatable bonds is 0. The molecule has 0 radical (unpaired) electrons. The van der Waals surface area contributed by atoms with Crippen LogP contribution in [0.5, 0.6) is 0 Å². The van der Waals surface area contributed by atoms with Gasteiger partial charge in [0.05, 0.1) is 0 Å². The molecule has 5 nitrogen and oxygen atoms in total. The Bertz CT molecular complexity index is 23.6. The molecule has 0 aromatic rings. The fraction of sp³-hybridized carbons (Fsp3) is 0. The Kier molecular flexibility index (Phi) is 12.2. The smallest absolute Gasteiger partial charge is 0.894 e. The molecule has 0 unspecified atom stereocenters. The zero-order valence-corrected chi connectivity index (χ0v) is 6.55. The average molecular weight is 150 g/mol. The van der Waals surface area contributed by atoms with E-state index in [-0.39, 0.29) is 43.2 Å². The van der Waals surface area contributed by atoms with Crippen molar-refractivity contribution in [3.63, 3.8) is 0 Å². The van der Waals surface area contributed by atoms with E-state index in [4.69, 9.17) is 19.2 Å². The largest absolute Gasteiger partial charge is 2.00 e. The minimum absolute atomic E-state index is 0. The molecule has 7 heavy (non-hydrogen) atoms. The summed E-state index contributed by atoms with van der Waals surface area (Å²) >= 11 is 0. The topological polar surface area (TPSA) is 124 Å². The molecule has 0 fully saturated rings. The quantitative estimate of drug-likeness (QED) is 0.318. The van der Waals surface area contributed by atoms with Crippen LogP contribution in [0.2, 0.25) is 0 Å². The second-order valence-corrected chi connectivity index (χ2v) is 1.50. The van der Waals surface area contributed by atoms with E-state index < -0.39 is 9.05 Å². The molecule has 0 aromatic heterocycles. The van der Waals surface area contributed by atoms with Crippen LogP contribution in [0.1, 0.15) is 0 Å². The Morgan fingerprint density at radius 3 is 0.857 bits per heavy atom. The monoisotopic (exact) mass is 150 g/mol. The first-order valence-electron chi connectivity index (χ1n) is 0.816. The maximum absolute atomic E-state index is 8.58. The number of hydrogen-bond acceptors (Lipinski definition) is 4. The van der Waals surface area contributed by atoms with Crippen molar-refractivity contribution in [1.29, 1.82) is 0 Å². The predicted octanol–water partition coefficient (Wildman–Crippen LogP) is -6.34. The summed E-state index contributed by atoms with van der Waals surface area (Å²) in [5, 5.41) is 0. The van der Waals surface area contributed by atoms with E-state index in [1.165, 1.54) is 0 Å². The molecule has 0 heterocycles. The van der Waals surface area contributed by atoms with Crippen LogP contribution in [0.25, 0.3) is 0 Å². The molecule has 7 heteroatoms. The fourth-order valence-corrected chi connectivity index (χ4v) is 0. The first-order valence-corrected chi connectivity index (χ1v) is 2.45. The molecule has 0 bridgehead atoms. The van der Waals surface area contributed by atoms with Gasteiger partial charge in [-0.1, -0.05) is 0 Å². The van der Waals surface area contributed by atoms with Crippen LogP contribution in [0, 0.1) is 0 Å². The first kappa shape index (κ1) is 15.7. The van der Waals surface area contributed by atoms with E-state index in [2.05, 4.69) is 0 Å². The third-order valence-electron chi connectivity index (χ3n) is 0. The van der Waals surface area contributed by atoms with E-state index in [0.29, 0.717) is 0 Å². The van der Waals surface area contributed by atoms with E-state index in [1.54, 1.807) is 0 Å². The third-order valence-corrected chi connectivity index (χ3v) is 0. The first-order chi connectivity index (χ1) is 2.00. The standard InChI is InChI=1S/Ca.O4Si.H2O/c;1-5(2,3)4;/h;;1H2/q+2;-4;. The van der Waals surface area contributed by atoms with Gasteiger partial charge in [-0.25, -0.2) is 0 Å². The molecule has 2 N–H and O–H groups in total. The third kappa shape index (κ3) is 124. The van der Waals surface area contributed by atoms with Gasteiger partial charge in [0.2, 0.25) is 0 Å². The van der Waals surface area contributed by atoms with E-state index in [9.17, 15) is 0 Å². The molecule has 40 valence electrons. The van der Waals surface area contributed by atoms with Crippen molar-refractivity contribution in [2.45, 2.75) is 0 Å². The van der Waals surface area contributed by atoms with Gasteiger partial charge >= 0.3 is 37.7 Å². The van der Waals surface area contributed by atoms with Crippen molar-refractivity contribution >= 4 is 46.8 Å². The van der Waals surface area contributed by atoms with Crippen LogP contribution in [-0.2, 0) is 0 Å². The van der Waals surface area contributed by atoms with Crippen molar-refractivity contribution in [2.24, 2.45) is 0 Å². The zero-order chi connectivity index (χ0) is 4.50. The maximum atomic E-state index is 8.58. The van der Waals surface area contributed by atoms with Gasteiger partial charge in [0.15, 0.2) is 0 Å². The molecular formula is H2CaO5Si-2. The van der Waals surface area contributed by atoms with Gasteiger partial charge in [-0.2, -0.15) is 0 Å². The fourth-order valence-electron chi connectivity index (χ4n) is 0. The Hall–Kier alpha value is 1.28. The summed E-state index contributed by atoms with van der Waals surface area (Å²) in [4.78, 5) is 34.3. The van der Waals surface area contributed by atoms with Crippen molar-refractivity contribution in [2.75, 3.05) is 0 Å². The van der Waals surface area contributed by atoms with Crippen molar-refractivity contribution in [3.8, 4) is 0 Å².